The first kappa shape index (κ1) is 15.0. The molecule has 1 aromatic rings. The van der Waals surface area contributed by atoms with Crippen LogP contribution in [0, 0.1) is 0 Å². The molecule has 0 saturated carbocycles. The Hall–Kier alpha value is -1.40. The van der Waals surface area contributed by atoms with Gasteiger partial charge in [0.15, 0.2) is 9.84 Å². The van der Waals surface area contributed by atoms with Gasteiger partial charge in [-0.3, -0.25) is 4.79 Å². The molecule has 1 amide bonds. The van der Waals surface area contributed by atoms with Crippen LogP contribution in [0.5, 0.6) is 0 Å². The quantitative estimate of drug-likeness (QED) is 0.840. The molecule has 6 heteroatoms. The number of carbonyl (C=O) groups is 1. The number of hydrogen-bond acceptors (Lipinski definition) is 4. The lowest BCUT2D eigenvalue weighted by Gasteiger charge is -2.24. The summed E-state index contributed by atoms with van der Waals surface area (Å²) in [7, 11) is -3.02. The highest BCUT2D eigenvalue weighted by atomic mass is 32.2. The zero-order valence-corrected chi connectivity index (χ0v) is 12.4. The minimum Gasteiger partial charge on any atom is -0.350 e. The second-order valence-electron chi connectivity index (χ2n) is 5.60. The second kappa shape index (κ2) is 5.54. The fourth-order valence-electron chi connectivity index (χ4n) is 2.59. The smallest absolute Gasteiger partial charge is 0.224 e. The molecule has 0 radical (unpaired) electrons. The summed E-state index contributed by atoms with van der Waals surface area (Å²) in [5, 5.41) is 2.85. The van der Waals surface area contributed by atoms with Crippen molar-refractivity contribution in [1.29, 1.82) is 0 Å². The van der Waals surface area contributed by atoms with Gasteiger partial charge in [0.2, 0.25) is 5.91 Å². The molecule has 0 bridgehead atoms. The van der Waals surface area contributed by atoms with Crippen molar-refractivity contribution in [1.82, 2.24) is 5.32 Å². The summed E-state index contributed by atoms with van der Waals surface area (Å²) in [5.41, 5.74) is 6.82. The topological polar surface area (TPSA) is 89.3 Å². The molecule has 0 spiro atoms. The summed E-state index contributed by atoms with van der Waals surface area (Å²) in [6, 6.07) is 7.51. The predicted octanol–water partition coefficient (Wildman–Crippen LogP) is 0.381. The molecular weight excluding hydrogens is 276 g/mol. The maximum atomic E-state index is 12.1. The van der Waals surface area contributed by atoms with E-state index >= 15 is 0 Å². The Bertz CT molecular complexity index is 613. The monoisotopic (exact) mass is 296 g/mol. The van der Waals surface area contributed by atoms with Crippen molar-refractivity contribution in [2.75, 3.05) is 11.5 Å². The van der Waals surface area contributed by atoms with E-state index < -0.39 is 15.4 Å². The van der Waals surface area contributed by atoms with Crippen molar-refractivity contribution in [3.05, 3.63) is 35.4 Å². The van der Waals surface area contributed by atoms with Crippen LogP contribution >= 0.6 is 0 Å². The molecule has 1 atom stereocenters. The Labute approximate surface area is 119 Å². The lowest BCUT2D eigenvalue weighted by atomic mass is 10.00. The van der Waals surface area contributed by atoms with Crippen molar-refractivity contribution in [3.63, 3.8) is 0 Å². The molecule has 1 unspecified atom stereocenters. The van der Waals surface area contributed by atoms with Crippen molar-refractivity contribution in [2.24, 2.45) is 5.73 Å². The lowest BCUT2D eigenvalue weighted by molar-refractivity contribution is -0.121. The molecule has 1 aliphatic rings. The second-order valence-corrected chi connectivity index (χ2v) is 7.78. The van der Waals surface area contributed by atoms with Gasteiger partial charge in [-0.15, -0.1) is 0 Å². The first-order chi connectivity index (χ1) is 9.34. The maximum absolute atomic E-state index is 12.1. The summed E-state index contributed by atoms with van der Waals surface area (Å²) in [5.74, 6) is -0.00141. The van der Waals surface area contributed by atoms with Crippen LogP contribution in [-0.2, 0) is 27.6 Å². The minimum atomic E-state index is -3.02. The molecule has 1 saturated heterocycles. The Kier molecular flexibility index (Phi) is 4.15. The van der Waals surface area contributed by atoms with Gasteiger partial charge in [0, 0.05) is 6.54 Å². The standard InChI is InChI=1S/C14H20N2O3S/c1-14(6-7-20(18,19)10-14)16-13(17)8-11-4-2-3-5-12(11)9-15/h2-5H,6-10,15H2,1H3,(H,16,17). The van der Waals surface area contributed by atoms with Crippen LogP contribution in [-0.4, -0.2) is 31.4 Å². The first-order valence-electron chi connectivity index (χ1n) is 6.62. The number of rotatable bonds is 4. The summed E-state index contributed by atoms with van der Waals surface area (Å²) in [6.07, 6.45) is 0.697. The fraction of sp³-hybridized carbons (Fsp3) is 0.500. The van der Waals surface area contributed by atoms with E-state index in [4.69, 9.17) is 5.73 Å². The van der Waals surface area contributed by atoms with E-state index in [0.29, 0.717) is 13.0 Å². The van der Waals surface area contributed by atoms with Gasteiger partial charge < -0.3 is 11.1 Å². The summed E-state index contributed by atoms with van der Waals surface area (Å²) in [6.45, 7) is 2.17. The number of carbonyl (C=O) groups excluding carboxylic acids is 1. The molecule has 1 heterocycles. The summed E-state index contributed by atoms with van der Waals surface area (Å²) in [4.78, 5) is 12.1. The van der Waals surface area contributed by atoms with Crippen molar-refractivity contribution in [3.8, 4) is 0 Å². The van der Waals surface area contributed by atoms with E-state index in [2.05, 4.69) is 5.32 Å². The Morgan fingerprint density at radius 2 is 2.00 bits per heavy atom. The minimum absolute atomic E-state index is 0.0181. The van der Waals surface area contributed by atoms with E-state index in [-0.39, 0.29) is 23.8 Å². The predicted molar refractivity (Wildman–Crippen MR) is 77.9 cm³/mol. The van der Waals surface area contributed by atoms with Crippen molar-refractivity contribution in [2.45, 2.75) is 31.8 Å². The van der Waals surface area contributed by atoms with Gasteiger partial charge >= 0.3 is 0 Å². The number of nitrogens with two attached hydrogens (primary N) is 1. The highest BCUT2D eigenvalue weighted by molar-refractivity contribution is 7.91. The third-order valence-corrected chi connectivity index (χ3v) is 5.54. The average molecular weight is 296 g/mol. The molecule has 1 aliphatic heterocycles. The zero-order chi connectivity index (χ0) is 14.8. The normalized spacial score (nSPS) is 24.5. The Balaban J connectivity index is 2.03. The molecule has 1 aromatic carbocycles. The average Bonchev–Trinajstić information content (AvgIpc) is 2.63. The van der Waals surface area contributed by atoms with Gasteiger partial charge in [-0.05, 0) is 24.5 Å². The number of amides is 1. The molecule has 20 heavy (non-hydrogen) atoms. The van der Waals surface area contributed by atoms with Gasteiger partial charge in [-0.1, -0.05) is 24.3 Å². The fourth-order valence-corrected chi connectivity index (χ4v) is 4.69. The molecule has 2 rings (SSSR count). The molecule has 0 aromatic heterocycles. The van der Waals surface area contributed by atoms with Gasteiger partial charge in [0.1, 0.15) is 0 Å². The van der Waals surface area contributed by atoms with Gasteiger partial charge in [-0.2, -0.15) is 0 Å². The Morgan fingerprint density at radius 3 is 2.55 bits per heavy atom. The van der Waals surface area contributed by atoms with Crippen LogP contribution in [0.4, 0.5) is 0 Å². The zero-order valence-electron chi connectivity index (χ0n) is 11.6. The van der Waals surface area contributed by atoms with Crippen LogP contribution < -0.4 is 11.1 Å². The molecule has 1 fully saturated rings. The van der Waals surface area contributed by atoms with Crippen molar-refractivity contribution >= 4 is 15.7 Å². The third-order valence-electron chi connectivity index (χ3n) is 3.63. The van der Waals surface area contributed by atoms with E-state index in [9.17, 15) is 13.2 Å². The number of nitrogens with one attached hydrogen (secondary N) is 1. The highest BCUT2D eigenvalue weighted by Crippen LogP contribution is 2.23. The van der Waals surface area contributed by atoms with E-state index in [0.717, 1.165) is 11.1 Å². The van der Waals surface area contributed by atoms with E-state index in [1.807, 2.05) is 24.3 Å². The Morgan fingerprint density at radius 1 is 1.35 bits per heavy atom. The van der Waals surface area contributed by atoms with E-state index in [1.165, 1.54) is 0 Å². The van der Waals surface area contributed by atoms with Crippen LogP contribution in [0.25, 0.3) is 0 Å². The molecule has 0 aliphatic carbocycles. The molecule has 110 valence electrons. The van der Waals surface area contributed by atoms with Gasteiger partial charge in [-0.25, -0.2) is 8.42 Å². The van der Waals surface area contributed by atoms with Crippen molar-refractivity contribution < 1.29 is 13.2 Å². The maximum Gasteiger partial charge on any atom is 0.224 e. The number of benzene rings is 1. The molecule has 5 nitrogen and oxygen atoms in total. The first-order valence-corrected chi connectivity index (χ1v) is 8.44. The summed E-state index contributed by atoms with van der Waals surface area (Å²) < 4.78 is 23.0. The SMILES string of the molecule is CC1(NC(=O)Cc2ccccc2CN)CCS(=O)(=O)C1. The summed E-state index contributed by atoms with van der Waals surface area (Å²) >= 11 is 0. The largest absolute Gasteiger partial charge is 0.350 e. The van der Waals surface area contributed by atoms with Gasteiger partial charge in [0.25, 0.3) is 0 Å². The van der Waals surface area contributed by atoms with Gasteiger partial charge in [0.05, 0.1) is 23.5 Å². The van der Waals surface area contributed by atoms with Crippen LogP contribution in [0.3, 0.4) is 0 Å². The van der Waals surface area contributed by atoms with Crippen LogP contribution in [0.15, 0.2) is 24.3 Å². The molecule has 3 N–H and O–H groups in total. The lowest BCUT2D eigenvalue weighted by Crippen LogP contribution is -2.47. The number of sulfone groups is 1. The van der Waals surface area contributed by atoms with Crippen LogP contribution in [0.2, 0.25) is 0 Å². The molecular formula is C14H20N2O3S. The number of hydrogen-bond donors (Lipinski definition) is 2. The van der Waals surface area contributed by atoms with E-state index in [1.54, 1.807) is 6.92 Å². The highest BCUT2D eigenvalue weighted by Gasteiger charge is 2.39. The third kappa shape index (κ3) is 3.58. The van der Waals surface area contributed by atoms with Crippen LogP contribution in [0.1, 0.15) is 24.5 Å².